The van der Waals surface area contributed by atoms with E-state index < -0.39 is 0 Å². The van der Waals surface area contributed by atoms with Crippen LogP contribution in [0.1, 0.15) is 24.5 Å². The summed E-state index contributed by atoms with van der Waals surface area (Å²) in [5, 5.41) is 0. The average molecular weight is 274 g/mol. The number of likely N-dealkylation sites (tertiary alicyclic amines) is 1. The lowest BCUT2D eigenvalue weighted by Gasteiger charge is -2.32. The topological polar surface area (TPSA) is 15.7 Å². The van der Waals surface area contributed by atoms with Gasteiger partial charge in [-0.15, -0.1) is 0 Å². The molecule has 0 aliphatic carbocycles. The number of morpholine rings is 1. The molecule has 2 fully saturated rings. The molecule has 0 aromatic heterocycles. The predicted octanol–water partition coefficient (Wildman–Crippen LogP) is 2.16. The Kier molecular flexibility index (Phi) is 4.71. The molecule has 2 aliphatic rings. The molecule has 2 aliphatic heterocycles. The van der Waals surface area contributed by atoms with Crippen LogP contribution in [0.3, 0.4) is 0 Å². The highest BCUT2D eigenvalue weighted by atomic mass is 16.5. The molecule has 3 rings (SSSR count). The highest BCUT2D eigenvalue weighted by Crippen LogP contribution is 2.20. The first kappa shape index (κ1) is 14.1. The molecule has 0 N–H and O–H groups in total. The van der Waals surface area contributed by atoms with Gasteiger partial charge in [0.2, 0.25) is 0 Å². The second-order valence-corrected chi connectivity index (χ2v) is 5.95. The maximum Gasteiger partial charge on any atom is 0.0594 e. The van der Waals surface area contributed by atoms with Gasteiger partial charge in [0, 0.05) is 38.8 Å². The third kappa shape index (κ3) is 3.22. The second kappa shape index (κ2) is 6.70. The highest BCUT2D eigenvalue weighted by molar-refractivity contribution is 5.27. The molecule has 3 heteroatoms. The highest BCUT2D eigenvalue weighted by Gasteiger charge is 2.28. The molecule has 0 amide bonds. The smallest absolute Gasteiger partial charge is 0.0594 e. The van der Waals surface area contributed by atoms with Crippen molar-refractivity contribution in [2.45, 2.75) is 32.4 Å². The van der Waals surface area contributed by atoms with E-state index in [9.17, 15) is 0 Å². The van der Waals surface area contributed by atoms with Gasteiger partial charge < -0.3 is 4.74 Å². The number of hydrogen-bond acceptors (Lipinski definition) is 3. The molecule has 2 saturated heterocycles. The summed E-state index contributed by atoms with van der Waals surface area (Å²) in [7, 11) is 0. The third-order valence-corrected chi connectivity index (χ3v) is 4.70. The van der Waals surface area contributed by atoms with Crippen LogP contribution in [0.2, 0.25) is 0 Å². The van der Waals surface area contributed by atoms with Gasteiger partial charge in [-0.3, -0.25) is 9.80 Å². The monoisotopic (exact) mass is 274 g/mol. The van der Waals surface area contributed by atoms with Crippen LogP contribution < -0.4 is 0 Å². The minimum absolute atomic E-state index is 0.743. The van der Waals surface area contributed by atoms with Crippen molar-refractivity contribution in [2.75, 3.05) is 39.4 Å². The molecular weight excluding hydrogens is 248 g/mol. The van der Waals surface area contributed by atoms with Crippen molar-refractivity contribution in [3.8, 4) is 0 Å². The molecule has 110 valence electrons. The minimum atomic E-state index is 0.743. The van der Waals surface area contributed by atoms with Gasteiger partial charge in [-0.25, -0.2) is 0 Å². The van der Waals surface area contributed by atoms with Crippen LogP contribution >= 0.6 is 0 Å². The van der Waals surface area contributed by atoms with Crippen LogP contribution in [0.5, 0.6) is 0 Å². The van der Waals surface area contributed by atoms with Gasteiger partial charge >= 0.3 is 0 Å². The SMILES string of the molecule is CCc1ccccc1CN1CC[C@@H](N2CCOCC2)C1. The van der Waals surface area contributed by atoms with Crippen LogP contribution in [0.4, 0.5) is 0 Å². The normalized spacial score (nSPS) is 25.1. The van der Waals surface area contributed by atoms with Crippen molar-refractivity contribution in [2.24, 2.45) is 0 Å². The molecule has 20 heavy (non-hydrogen) atoms. The maximum absolute atomic E-state index is 5.46. The molecule has 0 unspecified atom stereocenters. The van der Waals surface area contributed by atoms with Crippen molar-refractivity contribution < 1.29 is 4.74 Å². The lowest BCUT2D eigenvalue weighted by atomic mass is 10.1. The molecule has 3 nitrogen and oxygen atoms in total. The van der Waals surface area contributed by atoms with E-state index in [1.807, 2.05) is 0 Å². The Morgan fingerprint density at radius 1 is 1.10 bits per heavy atom. The van der Waals surface area contributed by atoms with Gasteiger partial charge in [-0.05, 0) is 24.0 Å². The number of nitrogens with zero attached hydrogens (tertiary/aromatic N) is 2. The number of benzene rings is 1. The Morgan fingerprint density at radius 3 is 2.60 bits per heavy atom. The zero-order valence-electron chi connectivity index (χ0n) is 12.6. The lowest BCUT2D eigenvalue weighted by molar-refractivity contribution is 0.0184. The fourth-order valence-electron chi connectivity index (χ4n) is 3.49. The van der Waals surface area contributed by atoms with Crippen molar-refractivity contribution in [1.82, 2.24) is 9.80 Å². The van der Waals surface area contributed by atoms with Gasteiger partial charge in [0.15, 0.2) is 0 Å². The Labute approximate surface area is 122 Å². The van der Waals surface area contributed by atoms with Crippen LogP contribution in [-0.2, 0) is 17.7 Å². The van der Waals surface area contributed by atoms with Gasteiger partial charge in [0.05, 0.1) is 13.2 Å². The van der Waals surface area contributed by atoms with Crippen molar-refractivity contribution in [1.29, 1.82) is 0 Å². The standard InChI is InChI=1S/C17H26N2O/c1-2-15-5-3-4-6-16(15)13-18-8-7-17(14-18)19-9-11-20-12-10-19/h3-6,17H,2,7-14H2,1H3/t17-/m1/s1. The Morgan fingerprint density at radius 2 is 1.85 bits per heavy atom. The maximum atomic E-state index is 5.46. The minimum Gasteiger partial charge on any atom is -0.379 e. The van der Waals surface area contributed by atoms with Crippen molar-refractivity contribution in [3.63, 3.8) is 0 Å². The Hall–Kier alpha value is -0.900. The van der Waals surface area contributed by atoms with E-state index in [4.69, 9.17) is 4.74 Å². The van der Waals surface area contributed by atoms with Crippen LogP contribution in [0.25, 0.3) is 0 Å². The summed E-state index contributed by atoms with van der Waals surface area (Å²) in [5.74, 6) is 0. The van der Waals surface area contributed by atoms with E-state index in [1.54, 1.807) is 0 Å². The van der Waals surface area contributed by atoms with Crippen LogP contribution in [-0.4, -0.2) is 55.2 Å². The van der Waals surface area contributed by atoms with Crippen LogP contribution in [0.15, 0.2) is 24.3 Å². The molecule has 2 heterocycles. The summed E-state index contributed by atoms with van der Waals surface area (Å²) in [6, 6.07) is 9.63. The third-order valence-electron chi connectivity index (χ3n) is 4.70. The second-order valence-electron chi connectivity index (χ2n) is 5.95. The molecule has 1 aromatic carbocycles. The first-order chi connectivity index (χ1) is 9.86. The quantitative estimate of drug-likeness (QED) is 0.837. The number of hydrogen-bond donors (Lipinski definition) is 0. The van der Waals surface area contributed by atoms with Gasteiger partial charge in [-0.2, -0.15) is 0 Å². The van der Waals surface area contributed by atoms with E-state index in [0.29, 0.717) is 0 Å². The van der Waals surface area contributed by atoms with Crippen molar-refractivity contribution in [3.05, 3.63) is 35.4 Å². The van der Waals surface area contributed by atoms with E-state index in [1.165, 1.54) is 30.6 Å². The zero-order chi connectivity index (χ0) is 13.8. The molecule has 0 bridgehead atoms. The molecule has 1 atom stereocenters. The fourth-order valence-corrected chi connectivity index (χ4v) is 3.49. The Balaban J connectivity index is 1.57. The molecule has 1 aromatic rings. The molecule has 0 spiro atoms. The lowest BCUT2D eigenvalue weighted by Crippen LogP contribution is -2.44. The summed E-state index contributed by atoms with van der Waals surface area (Å²) in [4.78, 5) is 5.24. The molecule has 0 saturated carbocycles. The van der Waals surface area contributed by atoms with E-state index in [0.717, 1.165) is 45.3 Å². The van der Waals surface area contributed by atoms with E-state index >= 15 is 0 Å². The molecule has 0 radical (unpaired) electrons. The number of aryl methyl sites for hydroxylation is 1. The van der Waals surface area contributed by atoms with Crippen molar-refractivity contribution >= 4 is 0 Å². The summed E-state index contributed by atoms with van der Waals surface area (Å²) in [5.41, 5.74) is 3.01. The summed E-state index contributed by atoms with van der Waals surface area (Å²) >= 11 is 0. The Bertz CT molecular complexity index is 429. The van der Waals surface area contributed by atoms with E-state index in [-0.39, 0.29) is 0 Å². The zero-order valence-corrected chi connectivity index (χ0v) is 12.6. The summed E-state index contributed by atoms with van der Waals surface area (Å²) in [6.07, 6.45) is 2.45. The van der Waals surface area contributed by atoms with Gasteiger partial charge in [-0.1, -0.05) is 31.2 Å². The first-order valence-corrected chi connectivity index (χ1v) is 7.97. The van der Waals surface area contributed by atoms with Crippen LogP contribution in [0, 0.1) is 0 Å². The number of rotatable bonds is 4. The fraction of sp³-hybridized carbons (Fsp3) is 0.647. The van der Waals surface area contributed by atoms with E-state index in [2.05, 4.69) is 41.0 Å². The van der Waals surface area contributed by atoms with Gasteiger partial charge in [0.1, 0.15) is 0 Å². The molecular formula is C17H26N2O. The predicted molar refractivity (Wildman–Crippen MR) is 81.9 cm³/mol. The average Bonchev–Trinajstić information content (AvgIpc) is 2.97. The van der Waals surface area contributed by atoms with Gasteiger partial charge in [0.25, 0.3) is 0 Å². The largest absolute Gasteiger partial charge is 0.379 e. The summed E-state index contributed by atoms with van der Waals surface area (Å²) in [6.45, 7) is 9.88. The number of ether oxygens (including phenoxy) is 1. The first-order valence-electron chi connectivity index (χ1n) is 7.97. The summed E-state index contributed by atoms with van der Waals surface area (Å²) < 4.78 is 5.46.